The zero-order valence-electron chi connectivity index (χ0n) is 11.4. The van der Waals surface area contributed by atoms with E-state index in [-0.39, 0.29) is 0 Å². The molecule has 2 aromatic rings. The number of benzene rings is 1. The number of tetrazole rings is 1. The molecule has 0 atom stereocenters. The fourth-order valence-corrected chi connectivity index (χ4v) is 2.41. The Labute approximate surface area is 113 Å². The number of nitrogens with one attached hydrogen (secondary N) is 1. The highest BCUT2D eigenvalue weighted by Gasteiger charge is 2.18. The molecule has 5 nitrogen and oxygen atoms in total. The fourth-order valence-electron chi connectivity index (χ4n) is 2.41. The second-order valence-electron chi connectivity index (χ2n) is 5.21. The van der Waals surface area contributed by atoms with Gasteiger partial charge in [0.15, 0.2) is 0 Å². The van der Waals surface area contributed by atoms with Gasteiger partial charge in [0, 0.05) is 5.56 Å². The Morgan fingerprint density at radius 2 is 1.95 bits per heavy atom. The van der Waals surface area contributed by atoms with Gasteiger partial charge in [-0.15, -0.1) is 10.2 Å². The van der Waals surface area contributed by atoms with E-state index in [1.165, 1.54) is 11.1 Å². The number of aromatic nitrogens is 4. The molecular formula is C14H19N5. The second kappa shape index (κ2) is 5.09. The zero-order chi connectivity index (χ0) is 13.2. The summed E-state index contributed by atoms with van der Waals surface area (Å²) < 4.78 is 0. The third kappa shape index (κ3) is 2.51. The van der Waals surface area contributed by atoms with Gasteiger partial charge in [0.25, 0.3) is 0 Å². The Morgan fingerprint density at radius 1 is 1.16 bits per heavy atom. The fraction of sp³-hybridized carbons (Fsp3) is 0.500. The third-order valence-electron chi connectivity index (χ3n) is 3.83. The first kappa shape index (κ1) is 12.3. The van der Waals surface area contributed by atoms with Crippen LogP contribution in [-0.2, 0) is 0 Å². The summed E-state index contributed by atoms with van der Waals surface area (Å²) in [5.74, 6) is 0.724. The molecule has 1 aromatic carbocycles. The molecule has 0 amide bonds. The quantitative estimate of drug-likeness (QED) is 0.892. The third-order valence-corrected chi connectivity index (χ3v) is 3.83. The Hall–Kier alpha value is -1.75. The van der Waals surface area contributed by atoms with Crippen LogP contribution in [0, 0.1) is 13.8 Å². The lowest BCUT2D eigenvalue weighted by Crippen LogP contribution is -2.30. The van der Waals surface area contributed by atoms with Gasteiger partial charge in [0.05, 0.1) is 6.04 Å². The molecule has 0 spiro atoms. The molecule has 19 heavy (non-hydrogen) atoms. The Bertz CT molecular complexity index is 569. The minimum absolute atomic E-state index is 0.383. The Kier molecular flexibility index (Phi) is 3.29. The molecule has 0 aliphatic carbocycles. The van der Waals surface area contributed by atoms with Crippen molar-refractivity contribution in [2.24, 2.45) is 0 Å². The molecule has 3 rings (SSSR count). The summed E-state index contributed by atoms with van der Waals surface area (Å²) in [5.41, 5.74) is 3.59. The van der Waals surface area contributed by atoms with Crippen LogP contribution in [0.15, 0.2) is 18.2 Å². The van der Waals surface area contributed by atoms with Gasteiger partial charge in [-0.25, -0.2) is 0 Å². The van der Waals surface area contributed by atoms with Gasteiger partial charge >= 0.3 is 0 Å². The molecule has 0 bridgehead atoms. The number of aryl methyl sites for hydroxylation is 2. The van der Waals surface area contributed by atoms with Crippen LogP contribution < -0.4 is 5.32 Å². The van der Waals surface area contributed by atoms with Crippen LogP contribution in [0.5, 0.6) is 0 Å². The normalized spacial score (nSPS) is 16.7. The maximum absolute atomic E-state index is 4.54. The van der Waals surface area contributed by atoms with Crippen LogP contribution in [0.2, 0.25) is 0 Å². The molecule has 0 saturated carbocycles. The first-order valence-electron chi connectivity index (χ1n) is 6.82. The number of hydrogen-bond acceptors (Lipinski definition) is 4. The minimum atomic E-state index is 0.383. The van der Waals surface area contributed by atoms with Crippen LogP contribution in [-0.4, -0.2) is 33.3 Å². The van der Waals surface area contributed by atoms with E-state index >= 15 is 0 Å². The van der Waals surface area contributed by atoms with Crippen molar-refractivity contribution in [1.29, 1.82) is 0 Å². The summed E-state index contributed by atoms with van der Waals surface area (Å²) in [6.45, 7) is 6.28. The van der Waals surface area contributed by atoms with Crippen molar-refractivity contribution in [2.75, 3.05) is 13.1 Å². The second-order valence-corrected chi connectivity index (χ2v) is 5.21. The van der Waals surface area contributed by atoms with E-state index in [4.69, 9.17) is 0 Å². The van der Waals surface area contributed by atoms with Crippen LogP contribution in [0.1, 0.15) is 30.0 Å². The highest BCUT2D eigenvalue weighted by atomic mass is 15.6. The zero-order valence-corrected chi connectivity index (χ0v) is 11.4. The van der Waals surface area contributed by atoms with Crippen molar-refractivity contribution < 1.29 is 0 Å². The highest BCUT2D eigenvalue weighted by molar-refractivity contribution is 5.56. The van der Waals surface area contributed by atoms with Crippen molar-refractivity contribution in [3.8, 4) is 11.4 Å². The summed E-state index contributed by atoms with van der Waals surface area (Å²) in [5, 5.41) is 16.3. The minimum Gasteiger partial charge on any atom is -0.317 e. The van der Waals surface area contributed by atoms with Crippen molar-refractivity contribution >= 4 is 0 Å². The number of rotatable bonds is 2. The monoisotopic (exact) mass is 257 g/mol. The summed E-state index contributed by atoms with van der Waals surface area (Å²) in [4.78, 5) is 1.78. The molecule has 2 heterocycles. The van der Waals surface area contributed by atoms with Crippen LogP contribution >= 0.6 is 0 Å². The average Bonchev–Trinajstić information content (AvgIpc) is 2.93. The van der Waals surface area contributed by atoms with Crippen LogP contribution in [0.25, 0.3) is 11.4 Å². The molecule has 1 fully saturated rings. The van der Waals surface area contributed by atoms with E-state index < -0.39 is 0 Å². The van der Waals surface area contributed by atoms with E-state index in [9.17, 15) is 0 Å². The van der Waals surface area contributed by atoms with Crippen molar-refractivity contribution in [1.82, 2.24) is 25.5 Å². The lowest BCUT2D eigenvalue weighted by atomic mass is 10.1. The molecule has 1 aromatic heterocycles. The van der Waals surface area contributed by atoms with Gasteiger partial charge in [0.1, 0.15) is 0 Å². The van der Waals surface area contributed by atoms with E-state index in [1.54, 1.807) is 4.80 Å². The largest absolute Gasteiger partial charge is 0.317 e. The summed E-state index contributed by atoms with van der Waals surface area (Å²) >= 11 is 0. The summed E-state index contributed by atoms with van der Waals surface area (Å²) in [6.07, 6.45) is 2.14. The number of piperidine rings is 1. The van der Waals surface area contributed by atoms with Crippen LogP contribution in [0.3, 0.4) is 0 Å². The van der Waals surface area contributed by atoms with Crippen molar-refractivity contribution in [3.05, 3.63) is 29.3 Å². The smallest absolute Gasteiger partial charge is 0.204 e. The molecule has 0 unspecified atom stereocenters. The van der Waals surface area contributed by atoms with Gasteiger partial charge in [0.2, 0.25) is 5.82 Å². The molecular weight excluding hydrogens is 238 g/mol. The van der Waals surface area contributed by atoms with Gasteiger partial charge < -0.3 is 5.32 Å². The first-order valence-corrected chi connectivity index (χ1v) is 6.82. The Balaban J connectivity index is 1.85. The van der Waals surface area contributed by atoms with Crippen molar-refractivity contribution in [2.45, 2.75) is 32.7 Å². The van der Waals surface area contributed by atoms with E-state index in [0.29, 0.717) is 6.04 Å². The number of nitrogens with zero attached hydrogens (tertiary/aromatic N) is 4. The standard InChI is InChI=1S/C14H19N5/c1-10-3-4-12(9-11(10)2)14-16-18-19(17-14)13-5-7-15-8-6-13/h3-4,9,13,15H,5-8H2,1-2H3. The van der Waals surface area contributed by atoms with Crippen LogP contribution in [0.4, 0.5) is 0 Å². The SMILES string of the molecule is Cc1ccc(-c2nnn(C3CCNCC3)n2)cc1C. The summed E-state index contributed by atoms with van der Waals surface area (Å²) in [6, 6.07) is 6.68. The van der Waals surface area contributed by atoms with Gasteiger partial charge in [-0.2, -0.15) is 4.80 Å². The van der Waals surface area contributed by atoms with Crippen molar-refractivity contribution in [3.63, 3.8) is 0 Å². The predicted molar refractivity (Wildman–Crippen MR) is 73.9 cm³/mol. The molecule has 1 aliphatic heterocycles. The average molecular weight is 257 g/mol. The Morgan fingerprint density at radius 3 is 2.68 bits per heavy atom. The van der Waals surface area contributed by atoms with Gasteiger partial charge in [-0.3, -0.25) is 0 Å². The molecule has 5 heteroatoms. The van der Waals surface area contributed by atoms with Gasteiger partial charge in [-0.1, -0.05) is 12.1 Å². The molecule has 1 N–H and O–H groups in total. The predicted octanol–water partition coefficient (Wildman–Crippen LogP) is 1.88. The molecule has 0 radical (unpaired) electrons. The van der Waals surface area contributed by atoms with E-state index in [2.05, 4.69) is 52.8 Å². The number of hydrogen-bond donors (Lipinski definition) is 1. The topological polar surface area (TPSA) is 55.6 Å². The summed E-state index contributed by atoms with van der Waals surface area (Å²) in [7, 11) is 0. The maximum Gasteiger partial charge on any atom is 0.204 e. The van der Waals surface area contributed by atoms with E-state index in [1.807, 2.05) is 0 Å². The van der Waals surface area contributed by atoms with Gasteiger partial charge in [-0.05, 0) is 62.2 Å². The lowest BCUT2D eigenvalue weighted by Gasteiger charge is -2.20. The molecule has 1 aliphatic rings. The molecule has 1 saturated heterocycles. The highest BCUT2D eigenvalue weighted by Crippen LogP contribution is 2.20. The maximum atomic E-state index is 4.54. The molecule has 100 valence electrons. The van der Waals surface area contributed by atoms with E-state index in [0.717, 1.165) is 37.3 Å². The first-order chi connectivity index (χ1) is 9.24. The lowest BCUT2D eigenvalue weighted by molar-refractivity contribution is 0.309.